The zero-order chi connectivity index (χ0) is 17.2. The third kappa shape index (κ3) is 3.11. The van der Waals surface area contributed by atoms with Gasteiger partial charge >= 0.3 is 0 Å². The molecule has 0 bridgehead atoms. The number of likely N-dealkylation sites (N-methyl/N-ethyl adjacent to an activating group) is 1. The highest BCUT2D eigenvalue weighted by molar-refractivity contribution is 5.84. The fourth-order valence-electron chi connectivity index (χ4n) is 3.95. The molecule has 2 unspecified atom stereocenters. The maximum absolute atomic E-state index is 12.0. The van der Waals surface area contributed by atoms with Crippen LogP contribution in [0, 0.1) is 0 Å². The number of hydrogen-bond donors (Lipinski definition) is 2. The van der Waals surface area contributed by atoms with Gasteiger partial charge in [0.1, 0.15) is 0 Å². The third-order valence-electron chi connectivity index (χ3n) is 5.24. The van der Waals surface area contributed by atoms with Crippen LogP contribution in [0.15, 0.2) is 65.6 Å². The second-order valence-electron chi connectivity index (χ2n) is 6.80. The van der Waals surface area contributed by atoms with Crippen LogP contribution >= 0.6 is 0 Å². The van der Waals surface area contributed by atoms with Gasteiger partial charge in [-0.05, 0) is 36.0 Å². The summed E-state index contributed by atoms with van der Waals surface area (Å²) in [7, 11) is 2.19. The largest absolute Gasteiger partial charge is 0.328 e. The van der Waals surface area contributed by atoms with E-state index in [2.05, 4.69) is 52.6 Å². The first kappa shape index (κ1) is 16.1. The van der Waals surface area contributed by atoms with Crippen LogP contribution in [0.5, 0.6) is 0 Å². The molecule has 0 saturated carbocycles. The van der Waals surface area contributed by atoms with E-state index in [9.17, 15) is 4.79 Å². The fraction of sp³-hybridized carbons (Fsp3) is 0.286. The Hall–Kier alpha value is -2.43. The topological polar surface area (TPSA) is 48.1 Å². The monoisotopic (exact) mass is 333 g/mol. The summed E-state index contributed by atoms with van der Waals surface area (Å²) in [6.07, 6.45) is 2.96. The van der Waals surface area contributed by atoms with Gasteiger partial charge in [0.05, 0.1) is 0 Å². The first-order valence-electron chi connectivity index (χ1n) is 8.82. The number of nitrogens with zero attached hydrogens (tertiary/aromatic N) is 1. The second-order valence-corrected chi connectivity index (χ2v) is 6.80. The van der Waals surface area contributed by atoms with Gasteiger partial charge in [-0.2, -0.15) is 0 Å². The number of benzene rings is 2. The van der Waals surface area contributed by atoms with Crippen LogP contribution in [0.3, 0.4) is 0 Å². The van der Waals surface area contributed by atoms with Crippen molar-refractivity contribution in [1.82, 2.24) is 15.2 Å². The highest BCUT2D eigenvalue weighted by Crippen LogP contribution is 2.31. The van der Waals surface area contributed by atoms with Crippen LogP contribution in [-0.2, 0) is 6.54 Å². The van der Waals surface area contributed by atoms with Crippen molar-refractivity contribution in [2.24, 2.45) is 0 Å². The number of likely N-dealkylation sites (tertiary alicyclic amines) is 1. The van der Waals surface area contributed by atoms with Gasteiger partial charge in [-0.15, -0.1) is 0 Å². The Labute approximate surface area is 147 Å². The Morgan fingerprint density at radius 2 is 1.80 bits per heavy atom. The van der Waals surface area contributed by atoms with E-state index in [1.807, 2.05) is 30.5 Å². The summed E-state index contributed by atoms with van der Waals surface area (Å²) in [4.78, 5) is 17.3. The Kier molecular flexibility index (Phi) is 4.38. The average Bonchev–Trinajstić information content (AvgIpc) is 3.03. The SMILES string of the molecule is CN1CCC(NCc2c[nH]c(=O)c3ccccc23)C1c1ccccc1. The van der Waals surface area contributed by atoms with Crippen LogP contribution in [0.4, 0.5) is 0 Å². The van der Waals surface area contributed by atoms with E-state index in [4.69, 9.17) is 0 Å². The smallest absolute Gasteiger partial charge is 0.255 e. The normalized spacial score (nSPS) is 21.0. The number of rotatable bonds is 4. The first-order chi connectivity index (χ1) is 12.2. The van der Waals surface area contributed by atoms with E-state index < -0.39 is 0 Å². The molecule has 2 N–H and O–H groups in total. The van der Waals surface area contributed by atoms with Crippen molar-refractivity contribution in [3.05, 3.63) is 82.3 Å². The summed E-state index contributed by atoms with van der Waals surface area (Å²) in [6.45, 7) is 1.84. The minimum Gasteiger partial charge on any atom is -0.328 e. The summed E-state index contributed by atoms with van der Waals surface area (Å²) in [5, 5.41) is 5.51. The molecule has 128 valence electrons. The van der Waals surface area contributed by atoms with E-state index in [0.29, 0.717) is 12.1 Å². The molecule has 1 aliphatic rings. The average molecular weight is 333 g/mol. The molecule has 0 radical (unpaired) electrons. The molecule has 0 spiro atoms. The van der Waals surface area contributed by atoms with Crippen molar-refractivity contribution in [3.8, 4) is 0 Å². The van der Waals surface area contributed by atoms with Gasteiger partial charge in [-0.25, -0.2) is 0 Å². The highest BCUT2D eigenvalue weighted by Gasteiger charge is 2.32. The van der Waals surface area contributed by atoms with Gasteiger partial charge in [0.2, 0.25) is 0 Å². The van der Waals surface area contributed by atoms with E-state index in [0.717, 1.165) is 35.8 Å². The molecule has 1 aromatic heterocycles. The zero-order valence-electron chi connectivity index (χ0n) is 14.4. The van der Waals surface area contributed by atoms with Crippen molar-refractivity contribution in [1.29, 1.82) is 0 Å². The number of pyridine rings is 1. The molecule has 3 aromatic rings. The highest BCUT2D eigenvalue weighted by atomic mass is 16.1. The van der Waals surface area contributed by atoms with E-state index in [1.54, 1.807) is 0 Å². The van der Waals surface area contributed by atoms with Crippen molar-refractivity contribution in [3.63, 3.8) is 0 Å². The van der Waals surface area contributed by atoms with Crippen LogP contribution in [0.2, 0.25) is 0 Å². The fourth-order valence-corrected chi connectivity index (χ4v) is 3.95. The third-order valence-corrected chi connectivity index (χ3v) is 5.24. The van der Waals surface area contributed by atoms with Gasteiger partial charge in [0, 0.05) is 36.8 Å². The van der Waals surface area contributed by atoms with Crippen molar-refractivity contribution < 1.29 is 0 Å². The van der Waals surface area contributed by atoms with Gasteiger partial charge in [-0.1, -0.05) is 48.5 Å². The molecule has 1 fully saturated rings. The standard InChI is InChI=1S/C21H23N3O/c1-24-12-11-19(20(24)15-7-3-2-4-8-15)22-13-16-14-23-21(25)18-10-6-5-9-17(16)18/h2-10,14,19-20,22H,11-13H2,1H3,(H,23,25). The lowest BCUT2D eigenvalue weighted by atomic mass is 9.99. The Morgan fingerprint density at radius 1 is 1.08 bits per heavy atom. The van der Waals surface area contributed by atoms with Gasteiger partial charge in [0.15, 0.2) is 0 Å². The van der Waals surface area contributed by atoms with Crippen molar-refractivity contribution in [2.45, 2.75) is 25.0 Å². The maximum Gasteiger partial charge on any atom is 0.255 e. The lowest BCUT2D eigenvalue weighted by Gasteiger charge is -2.26. The van der Waals surface area contributed by atoms with Gasteiger partial charge in [0.25, 0.3) is 5.56 Å². The van der Waals surface area contributed by atoms with Crippen molar-refractivity contribution >= 4 is 10.8 Å². The molecule has 4 heteroatoms. The molecule has 1 saturated heterocycles. The number of aromatic nitrogens is 1. The summed E-state index contributed by atoms with van der Waals surface area (Å²) in [5.74, 6) is 0. The minimum atomic E-state index is -0.0258. The molecule has 4 nitrogen and oxygen atoms in total. The Bertz CT molecular complexity index is 919. The van der Waals surface area contributed by atoms with Crippen LogP contribution < -0.4 is 10.9 Å². The number of hydrogen-bond acceptors (Lipinski definition) is 3. The molecule has 4 rings (SSSR count). The summed E-state index contributed by atoms with van der Waals surface area (Å²) < 4.78 is 0. The number of nitrogens with one attached hydrogen (secondary N) is 2. The first-order valence-corrected chi connectivity index (χ1v) is 8.82. The predicted molar refractivity (Wildman–Crippen MR) is 102 cm³/mol. The molecule has 2 atom stereocenters. The maximum atomic E-state index is 12.0. The second kappa shape index (κ2) is 6.82. The summed E-state index contributed by atoms with van der Waals surface area (Å²) >= 11 is 0. The van der Waals surface area contributed by atoms with E-state index in [1.165, 1.54) is 5.56 Å². The summed E-state index contributed by atoms with van der Waals surface area (Å²) in [6, 6.07) is 19.3. The van der Waals surface area contributed by atoms with E-state index in [-0.39, 0.29) is 5.56 Å². The molecule has 1 aliphatic heterocycles. The molecular weight excluding hydrogens is 310 g/mol. The summed E-state index contributed by atoms with van der Waals surface area (Å²) in [5.41, 5.74) is 2.46. The zero-order valence-corrected chi connectivity index (χ0v) is 14.4. The molecule has 2 heterocycles. The lowest BCUT2D eigenvalue weighted by Crippen LogP contribution is -2.34. The van der Waals surface area contributed by atoms with Crippen LogP contribution in [0.25, 0.3) is 10.8 Å². The number of fused-ring (bicyclic) bond motifs is 1. The molecular formula is C21H23N3O. The van der Waals surface area contributed by atoms with E-state index >= 15 is 0 Å². The van der Waals surface area contributed by atoms with Crippen LogP contribution in [0.1, 0.15) is 23.6 Å². The van der Waals surface area contributed by atoms with Gasteiger partial charge < -0.3 is 10.3 Å². The molecule has 2 aromatic carbocycles. The quantitative estimate of drug-likeness (QED) is 0.771. The van der Waals surface area contributed by atoms with Crippen molar-refractivity contribution in [2.75, 3.05) is 13.6 Å². The van der Waals surface area contributed by atoms with Gasteiger partial charge in [-0.3, -0.25) is 9.69 Å². The molecule has 25 heavy (non-hydrogen) atoms. The van der Waals surface area contributed by atoms with Crippen LogP contribution in [-0.4, -0.2) is 29.5 Å². The number of aromatic amines is 1. The Balaban J connectivity index is 1.57. The predicted octanol–water partition coefficient (Wildman–Crippen LogP) is 3.06. The lowest BCUT2D eigenvalue weighted by molar-refractivity contribution is 0.286. The Morgan fingerprint density at radius 3 is 2.60 bits per heavy atom. The minimum absolute atomic E-state index is 0.0258. The molecule has 0 aliphatic carbocycles. The molecule has 0 amide bonds. The number of H-pyrrole nitrogens is 1.